The predicted molar refractivity (Wildman–Crippen MR) is 84.6 cm³/mol. The van der Waals surface area contributed by atoms with E-state index in [1.54, 1.807) is 6.92 Å². The van der Waals surface area contributed by atoms with Gasteiger partial charge < -0.3 is 11.2 Å². The molecule has 2 aromatic rings. The van der Waals surface area contributed by atoms with E-state index in [-0.39, 0.29) is 17.6 Å². The molecule has 0 radical (unpaired) electrons. The SMILES string of the molecule is CC(C)c1nnc(S[C@H](C)C(=O)Nc2ccc(F)cc2)n1N. The maximum atomic E-state index is 12.8. The predicted octanol–water partition coefficient (Wildman–Crippen LogP) is 2.37. The Morgan fingerprint density at radius 2 is 1.91 bits per heavy atom. The Balaban J connectivity index is 2.01. The summed E-state index contributed by atoms with van der Waals surface area (Å²) in [5.74, 6) is 6.16. The maximum Gasteiger partial charge on any atom is 0.237 e. The largest absolute Gasteiger partial charge is 0.336 e. The number of halogens is 1. The molecule has 1 heterocycles. The van der Waals surface area contributed by atoms with Gasteiger partial charge in [0.15, 0.2) is 5.82 Å². The van der Waals surface area contributed by atoms with E-state index in [0.29, 0.717) is 16.7 Å². The van der Waals surface area contributed by atoms with Crippen molar-refractivity contribution in [1.82, 2.24) is 14.9 Å². The van der Waals surface area contributed by atoms with Crippen LogP contribution in [0.3, 0.4) is 0 Å². The van der Waals surface area contributed by atoms with Crippen LogP contribution in [-0.2, 0) is 4.79 Å². The minimum Gasteiger partial charge on any atom is -0.336 e. The first kappa shape index (κ1) is 16.3. The van der Waals surface area contributed by atoms with Gasteiger partial charge in [0.1, 0.15) is 5.82 Å². The molecular formula is C14H18FN5OS. The number of amides is 1. The van der Waals surface area contributed by atoms with Gasteiger partial charge in [-0.05, 0) is 31.2 Å². The Labute approximate surface area is 132 Å². The van der Waals surface area contributed by atoms with E-state index in [0.717, 1.165) is 0 Å². The number of aromatic nitrogens is 3. The summed E-state index contributed by atoms with van der Waals surface area (Å²) in [4.78, 5) is 12.1. The van der Waals surface area contributed by atoms with Gasteiger partial charge in [0.2, 0.25) is 11.1 Å². The highest BCUT2D eigenvalue weighted by Crippen LogP contribution is 2.23. The van der Waals surface area contributed by atoms with Gasteiger partial charge in [-0.2, -0.15) is 0 Å². The number of carbonyl (C=O) groups is 1. The smallest absolute Gasteiger partial charge is 0.237 e. The molecule has 22 heavy (non-hydrogen) atoms. The first-order chi connectivity index (χ1) is 10.4. The van der Waals surface area contributed by atoms with E-state index in [2.05, 4.69) is 15.5 Å². The van der Waals surface area contributed by atoms with Crippen LogP contribution < -0.4 is 11.2 Å². The Bertz CT molecular complexity index is 656. The van der Waals surface area contributed by atoms with E-state index < -0.39 is 5.25 Å². The third-order valence-electron chi connectivity index (χ3n) is 2.97. The van der Waals surface area contributed by atoms with E-state index in [4.69, 9.17) is 5.84 Å². The summed E-state index contributed by atoms with van der Waals surface area (Å²) in [6, 6.07) is 5.59. The third-order valence-corrected chi connectivity index (χ3v) is 4.03. The topological polar surface area (TPSA) is 85.8 Å². The number of nitrogens with zero attached hydrogens (tertiary/aromatic N) is 3. The summed E-state index contributed by atoms with van der Waals surface area (Å²) in [6.07, 6.45) is 0. The van der Waals surface area contributed by atoms with Gasteiger partial charge in [-0.25, -0.2) is 9.07 Å². The van der Waals surface area contributed by atoms with Crippen molar-refractivity contribution in [3.8, 4) is 0 Å². The lowest BCUT2D eigenvalue weighted by molar-refractivity contribution is -0.115. The number of nitrogen functional groups attached to an aromatic ring is 1. The zero-order valence-corrected chi connectivity index (χ0v) is 13.4. The number of nitrogens with one attached hydrogen (secondary N) is 1. The Kier molecular flexibility index (Phi) is 5.02. The zero-order valence-electron chi connectivity index (χ0n) is 12.6. The molecule has 0 unspecified atom stereocenters. The summed E-state index contributed by atoms with van der Waals surface area (Å²) in [6.45, 7) is 5.67. The Morgan fingerprint density at radius 1 is 1.27 bits per heavy atom. The van der Waals surface area contributed by atoms with Crippen LogP contribution in [0, 0.1) is 5.82 Å². The van der Waals surface area contributed by atoms with Crippen molar-refractivity contribution in [2.45, 2.75) is 37.1 Å². The summed E-state index contributed by atoms with van der Waals surface area (Å²) in [5.41, 5.74) is 0.538. The highest BCUT2D eigenvalue weighted by Gasteiger charge is 2.20. The second-order valence-electron chi connectivity index (χ2n) is 5.12. The first-order valence-electron chi connectivity index (χ1n) is 6.82. The summed E-state index contributed by atoms with van der Waals surface area (Å²) >= 11 is 1.22. The third kappa shape index (κ3) is 3.76. The van der Waals surface area contributed by atoms with Crippen LogP contribution in [-0.4, -0.2) is 26.0 Å². The number of hydrogen-bond acceptors (Lipinski definition) is 5. The molecule has 0 aliphatic heterocycles. The van der Waals surface area contributed by atoms with Gasteiger partial charge in [-0.1, -0.05) is 25.6 Å². The molecule has 0 aliphatic rings. The second kappa shape index (κ2) is 6.78. The maximum absolute atomic E-state index is 12.8. The van der Waals surface area contributed by atoms with Gasteiger partial charge in [-0.3, -0.25) is 4.79 Å². The molecule has 0 fully saturated rings. The zero-order chi connectivity index (χ0) is 16.3. The fourth-order valence-electron chi connectivity index (χ4n) is 1.75. The number of hydrogen-bond donors (Lipinski definition) is 2. The van der Waals surface area contributed by atoms with E-state index in [1.165, 1.54) is 40.7 Å². The molecule has 8 heteroatoms. The van der Waals surface area contributed by atoms with Crippen molar-refractivity contribution < 1.29 is 9.18 Å². The quantitative estimate of drug-likeness (QED) is 0.652. The molecule has 1 aromatic heterocycles. The average molecular weight is 323 g/mol. The monoisotopic (exact) mass is 323 g/mol. The normalized spacial score (nSPS) is 12.4. The van der Waals surface area contributed by atoms with Crippen LogP contribution in [0.4, 0.5) is 10.1 Å². The van der Waals surface area contributed by atoms with Gasteiger partial charge in [-0.15, -0.1) is 10.2 Å². The minimum atomic E-state index is -0.420. The molecule has 0 aliphatic carbocycles. The van der Waals surface area contributed by atoms with E-state index in [9.17, 15) is 9.18 Å². The molecule has 0 bridgehead atoms. The molecule has 0 saturated carbocycles. The number of nitrogens with two attached hydrogens (primary N) is 1. The van der Waals surface area contributed by atoms with Gasteiger partial charge in [0, 0.05) is 11.6 Å². The van der Waals surface area contributed by atoms with E-state index >= 15 is 0 Å². The molecule has 0 spiro atoms. The van der Waals surface area contributed by atoms with Crippen molar-refractivity contribution in [3.05, 3.63) is 35.9 Å². The van der Waals surface area contributed by atoms with Crippen molar-refractivity contribution in [3.63, 3.8) is 0 Å². The molecule has 2 rings (SSSR count). The number of carbonyl (C=O) groups excluding carboxylic acids is 1. The molecular weight excluding hydrogens is 305 g/mol. The van der Waals surface area contributed by atoms with Crippen molar-refractivity contribution in [1.29, 1.82) is 0 Å². The molecule has 118 valence electrons. The minimum absolute atomic E-state index is 0.148. The van der Waals surface area contributed by atoms with E-state index in [1.807, 2.05) is 13.8 Å². The highest BCUT2D eigenvalue weighted by molar-refractivity contribution is 8.00. The summed E-state index contributed by atoms with van der Waals surface area (Å²) in [5, 5.41) is 10.8. The lowest BCUT2D eigenvalue weighted by Gasteiger charge is -2.12. The first-order valence-corrected chi connectivity index (χ1v) is 7.70. The van der Waals surface area contributed by atoms with Crippen molar-refractivity contribution in [2.75, 3.05) is 11.2 Å². The van der Waals surface area contributed by atoms with Gasteiger partial charge >= 0.3 is 0 Å². The van der Waals surface area contributed by atoms with Crippen LogP contribution in [0.15, 0.2) is 29.4 Å². The molecule has 6 nitrogen and oxygen atoms in total. The molecule has 1 aromatic carbocycles. The average Bonchev–Trinajstić information content (AvgIpc) is 2.82. The summed E-state index contributed by atoms with van der Waals surface area (Å²) in [7, 11) is 0. The summed E-state index contributed by atoms with van der Waals surface area (Å²) < 4.78 is 14.2. The van der Waals surface area contributed by atoms with Crippen LogP contribution in [0.1, 0.15) is 32.5 Å². The molecule has 1 atom stereocenters. The number of rotatable bonds is 5. The molecule has 0 saturated heterocycles. The highest BCUT2D eigenvalue weighted by atomic mass is 32.2. The van der Waals surface area contributed by atoms with Gasteiger partial charge in [0.25, 0.3) is 0 Å². The number of anilines is 1. The molecule has 1 amide bonds. The Hall–Kier alpha value is -2.09. The molecule has 3 N–H and O–H groups in total. The standard InChI is InChI=1S/C14H18FN5OS/c1-8(2)12-18-19-14(20(12)16)22-9(3)13(21)17-11-6-4-10(15)5-7-11/h4-9H,16H2,1-3H3,(H,17,21)/t9-/m1/s1. The van der Waals surface area contributed by atoms with Crippen molar-refractivity contribution in [2.24, 2.45) is 0 Å². The van der Waals surface area contributed by atoms with Crippen molar-refractivity contribution >= 4 is 23.4 Å². The van der Waals surface area contributed by atoms with Crippen LogP contribution in [0.2, 0.25) is 0 Å². The van der Waals surface area contributed by atoms with Gasteiger partial charge in [0.05, 0.1) is 5.25 Å². The lowest BCUT2D eigenvalue weighted by atomic mass is 10.2. The Morgan fingerprint density at radius 3 is 2.45 bits per heavy atom. The van der Waals surface area contributed by atoms with Crippen LogP contribution >= 0.6 is 11.8 Å². The van der Waals surface area contributed by atoms with Crippen LogP contribution in [0.25, 0.3) is 0 Å². The fourth-order valence-corrected chi connectivity index (χ4v) is 2.53. The number of benzene rings is 1. The number of thioether (sulfide) groups is 1. The van der Waals surface area contributed by atoms with Crippen LogP contribution in [0.5, 0.6) is 0 Å². The second-order valence-corrected chi connectivity index (χ2v) is 6.43. The lowest BCUT2D eigenvalue weighted by Crippen LogP contribution is -2.24. The fraction of sp³-hybridized carbons (Fsp3) is 0.357.